The minimum atomic E-state index is -1.62. The van der Waals surface area contributed by atoms with Gasteiger partial charge in [-0.1, -0.05) is 0 Å². The fourth-order valence-corrected chi connectivity index (χ4v) is 1.31. The summed E-state index contributed by atoms with van der Waals surface area (Å²) in [5.74, 6) is -2.84. The highest BCUT2D eigenvalue weighted by Gasteiger charge is 2.35. The minimum Gasteiger partial charge on any atom is -0.479 e. The fraction of sp³-hybridized carbons (Fsp3) is 0.833. The van der Waals surface area contributed by atoms with E-state index in [0.717, 1.165) is 0 Å². The van der Waals surface area contributed by atoms with Crippen LogP contribution in [0.1, 0.15) is 0 Å². The van der Waals surface area contributed by atoms with Gasteiger partial charge in [0.05, 0.1) is 39.6 Å². The number of carboxylic acids is 2. The van der Waals surface area contributed by atoms with Crippen molar-refractivity contribution in [3.63, 3.8) is 0 Å². The zero-order chi connectivity index (χ0) is 16.1. The molecule has 0 heterocycles. The van der Waals surface area contributed by atoms with E-state index in [0.29, 0.717) is 13.2 Å². The molecule has 9 nitrogen and oxygen atoms in total. The van der Waals surface area contributed by atoms with Gasteiger partial charge >= 0.3 is 11.9 Å². The Hall–Kier alpha value is -1.26. The molecule has 0 radical (unpaired) electrons. The molecule has 9 heteroatoms. The first kappa shape index (κ1) is 19.7. The molecular weight excluding hydrogens is 288 g/mol. The first-order valence-corrected chi connectivity index (χ1v) is 6.29. The minimum absolute atomic E-state index is 0.0506. The molecule has 0 saturated heterocycles. The number of aliphatic carboxylic acids is 2. The highest BCUT2D eigenvalue weighted by Crippen LogP contribution is 2.06. The molecule has 0 aliphatic carbocycles. The first-order chi connectivity index (χ1) is 10.0. The Morgan fingerprint density at radius 3 is 1.57 bits per heavy atom. The van der Waals surface area contributed by atoms with Crippen LogP contribution in [-0.2, 0) is 33.3 Å². The lowest BCUT2D eigenvalue weighted by atomic mass is 10.2. The number of rotatable bonds is 14. The maximum atomic E-state index is 11.1. The van der Waals surface area contributed by atoms with E-state index in [-0.39, 0.29) is 26.4 Å². The molecule has 0 bridgehead atoms. The molecule has 0 aromatic rings. The van der Waals surface area contributed by atoms with E-state index in [1.807, 2.05) is 0 Å². The van der Waals surface area contributed by atoms with E-state index >= 15 is 0 Å². The second-order valence-electron chi connectivity index (χ2n) is 3.86. The smallest absolute Gasteiger partial charge is 0.336 e. The van der Waals surface area contributed by atoms with Crippen LogP contribution in [0.3, 0.4) is 0 Å². The van der Waals surface area contributed by atoms with Gasteiger partial charge in [-0.3, -0.25) is 0 Å². The Bertz CT molecular complexity index is 294. The topological polar surface area (TPSA) is 121 Å². The quantitative estimate of drug-likeness (QED) is 0.398. The Kier molecular flexibility index (Phi) is 11.7. The monoisotopic (exact) mass is 310 g/mol. The van der Waals surface area contributed by atoms with Crippen LogP contribution in [0, 0.1) is 0 Å². The van der Waals surface area contributed by atoms with E-state index in [2.05, 4.69) is 0 Å². The largest absolute Gasteiger partial charge is 0.479 e. The lowest BCUT2D eigenvalue weighted by Crippen LogP contribution is -2.44. The first-order valence-electron chi connectivity index (χ1n) is 6.29. The second kappa shape index (κ2) is 12.5. The summed E-state index contributed by atoms with van der Waals surface area (Å²) in [6.07, 6.45) is -3.23. The highest BCUT2D eigenvalue weighted by atomic mass is 16.6. The highest BCUT2D eigenvalue weighted by molar-refractivity contribution is 5.83. The lowest BCUT2D eigenvalue weighted by molar-refractivity contribution is -0.178. The van der Waals surface area contributed by atoms with E-state index < -0.39 is 24.1 Å². The third-order valence-electron chi connectivity index (χ3n) is 2.30. The maximum absolute atomic E-state index is 11.1. The molecule has 21 heavy (non-hydrogen) atoms. The van der Waals surface area contributed by atoms with Gasteiger partial charge in [-0.15, -0.1) is 0 Å². The van der Waals surface area contributed by atoms with Gasteiger partial charge in [0.15, 0.2) is 12.2 Å². The summed E-state index contributed by atoms with van der Waals surface area (Å²) in [6.45, 7) is 0.890. The van der Waals surface area contributed by atoms with Crippen molar-refractivity contribution in [3.8, 4) is 0 Å². The van der Waals surface area contributed by atoms with Crippen molar-refractivity contribution in [2.75, 3.05) is 53.9 Å². The van der Waals surface area contributed by atoms with Crippen LogP contribution in [0.15, 0.2) is 0 Å². The van der Waals surface area contributed by atoms with Crippen LogP contribution in [0.5, 0.6) is 0 Å². The molecule has 0 aromatic carbocycles. The van der Waals surface area contributed by atoms with Crippen LogP contribution in [-0.4, -0.2) is 88.2 Å². The summed E-state index contributed by atoms with van der Waals surface area (Å²) in [5.41, 5.74) is 0. The molecule has 0 rings (SSSR count). The normalized spacial score (nSPS) is 13.8. The summed E-state index contributed by atoms with van der Waals surface area (Å²) in [5, 5.41) is 18.0. The zero-order valence-corrected chi connectivity index (χ0v) is 12.1. The number of carbonyl (C=O) groups is 2. The standard InChI is InChI=1S/C12H22O9/c1-17-3-5-19-6-8-21-10(12(15)16)9(11(13)14)20-7-4-18-2/h9-10H,3-8H2,1-2H3,(H,13,14)(H,15,16). The summed E-state index contributed by atoms with van der Waals surface area (Å²) in [7, 11) is 2.94. The third-order valence-corrected chi connectivity index (χ3v) is 2.30. The van der Waals surface area contributed by atoms with Gasteiger partial charge in [-0.05, 0) is 0 Å². The van der Waals surface area contributed by atoms with Gasteiger partial charge in [-0.25, -0.2) is 9.59 Å². The molecule has 0 fully saturated rings. The van der Waals surface area contributed by atoms with Gasteiger partial charge < -0.3 is 33.9 Å². The number of methoxy groups -OCH3 is 2. The molecular formula is C12H22O9. The number of hydrogen-bond donors (Lipinski definition) is 2. The lowest BCUT2D eigenvalue weighted by Gasteiger charge is -2.21. The maximum Gasteiger partial charge on any atom is 0.336 e. The molecule has 2 N–H and O–H groups in total. The van der Waals surface area contributed by atoms with Crippen molar-refractivity contribution in [1.82, 2.24) is 0 Å². The molecule has 2 unspecified atom stereocenters. The number of hydrogen-bond acceptors (Lipinski definition) is 7. The third kappa shape index (κ3) is 9.32. The van der Waals surface area contributed by atoms with Crippen LogP contribution in [0.4, 0.5) is 0 Å². The van der Waals surface area contributed by atoms with Crippen molar-refractivity contribution in [2.45, 2.75) is 12.2 Å². The SMILES string of the molecule is COCCOCCOC(C(=O)O)C(OCCOC)C(=O)O. The summed E-state index contributed by atoms with van der Waals surface area (Å²) in [4.78, 5) is 22.1. The Labute approximate surface area is 122 Å². The molecule has 0 saturated carbocycles. The average Bonchev–Trinajstić information content (AvgIpc) is 2.43. The molecule has 0 spiro atoms. The summed E-state index contributed by atoms with van der Waals surface area (Å²) < 4.78 is 24.6. The van der Waals surface area contributed by atoms with Gasteiger partial charge in [-0.2, -0.15) is 0 Å². The van der Waals surface area contributed by atoms with Crippen molar-refractivity contribution in [2.24, 2.45) is 0 Å². The Morgan fingerprint density at radius 1 is 0.762 bits per heavy atom. The van der Waals surface area contributed by atoms with Gasteiger partial charge in [0, 0.05) is 14.2 Å². The molecule has 124 valence electrons. The fourth-order valence-electron chi connectivity index (χ4n) is 1.31. The molecule has 0 aliphatic heterocycles. The van der Waals surface area contributed by atoms with Gasteiger partial charge in [0.25, 0.3) is 0 Å². The van der Waals surface area contributed by atoms with E-state index in [4.69, 9.17) is 33.9 Å². The molecule has 2 atom stereocenters. The molecule has 0 aliphatic rings. The van der Waals surface area contributed by atoms with Gasteiger partial charge in [0.2, 0.25) is 0 Å². The van der Waals surface area contributed by atoms with Crippen molar-refractivity contribution in [1.29, 1.82) is 0 Å². The van der Waals surface area contributed by atoms with Crippen LogP contribution < -0.4 is 0 Å². The Morgan fingerprint density at radius 2 is 1.14 bits per heavy atom. The van der Waals surface area contributed by atoms with Crippen molar-refractivity contribution >= 4 is 11.9 Å². The Balaban J connectivity index is 4.26. The van der Waals surface area contributed by atoms with Crippen LogP contribution >= 0.6 is 0 Å². The van der Waals surface area contributed by atoms with Crippen molar-refractivity contribution in [3.05, 3.63) is 0 Å². The van der Waals surface area contributed by atoms with Crippen LogP contribution in [0.2, 0.25) is 0 Å². The predicted molar refractivity (Wildman–Crippen MR) is 69.3 cm³/mol. The molecule has 0 aromatic heterocycles. The number of ether oxygens (including phenoxy) is 5. The zero-order valence-electron chi connectivity index (χ0n) is 12.1. The van der Waals surface area contributed by atoms with Crippen LogP contribution in [0.25, 0.3) is 0 Å². The van der Waals surface area contributed by atoms with E-state index in [1.54, 1.807) is 0 Å². The summed E-state index contributed by atoms with van der Waals surface area (Å²) in [6, 6.07) is 0. The van der Waals surface area contributed by atoms with Gasteiger partial charge in [0.1, 0.15) is 0 Å². The predicted octanol–water partition coefficient (Wildman–Crippen LogP) is -0.765. The summed E-state index contributed by atoms with van der Waals surface area (Å²) >= 11 is 0. The molecule has 0 amide bonds. The van der Waals surface area contributed by atoms with E-state index in [9.17, 15) is 9.59 Å². The average molecular weight is 310 g/mol. The van der Waals surface area contributed by atoms with Crippen molar-refractivity contribution < 1.29 is 43.5 Å². The second-order valence-corrected chi connectivity index (χ2v) is 3.86. The number of carboxylic acid groups (broad SMARTS) is 2. The van der Waals surface area contributed by atoms with E-state index in [1.165, 1.54) is 14.2 Å².